The number of benzene rings is 1. The summed E-state index contributed by atoms with van der Waals surface area (Å²) in [5.41, 5.74) is 5.14. The number of nitrogens with zero attached hydrogens (tertiary/aromatic N) is 1. The summed E-state index contributed by atoms with van der Waals surface area (Å²) in [5.74, 6) is 0. The van der Waals surface area contributed by atoms with Crippen LogP contribution in [0.25, 0.3) is 0 Å². The lowest BCUT2D eigenvalue weighted by molar-refractivity contribution is 0.535. The Morgan fingerprint density at radius 1 is 1.20 bits per heavy atom. The third kappa shape index (κ3) is 3.90. The highest BCUT2D eigenvalue weighted by molar-refractivity contribution is 9.10. The van der Waals surface area contributed by atoms with E-state index in [1.807, 2.05) is 6.20 Å². The first kappa shape index (κ1) is 15.2. The number of likely N-dealkylation sites (N-methyl/N-ethyl adjacent to an activating group) is 1. The summed E-state index contributed by atoms with van der Waals surface area (Å²) in [5, 5.41) is 3.54. The molecule has 1 aromatic heterocycles. The first-order chi connectivity index (χ1) is 9.60. The Morgan fingerprint density at radius 2 is 2.00 bits per heavy atom. The fourth-order valence-electron chi connectivity index (χ4n) is 2.36. The molecule has 0 aliphatic heterocycles. The second-order valence-corrected chi connectivity index (χ2v) is 6.06. The molecule has 1 atom stereocenters. The SMILES string of the molecule is CCNC(Cc1cc(C)ccc1C)c1ccc(Br)cn1. The van der Waals surface area contributed by atoms with Gasteiger partial charge in [0.15, 0.2) is 0 Å². The molecule has 2 aromatic rings. The molecule has 0 spiro atoms. The quantitative estimate of drug-likeness (QED) is 0.880. The fraction of sp³-hybridized carbons (Fsp3) is 0.353. The average Bonchev–Trinajstić information content (AvgIpc) is 2.43. The van der Waals surface area contributed by atoms with Crippen molar-refractivity contribution in [3.8, 4) is 0 Å². The fourth-order valence-corrected chi connectivity index (χ4v) is 2.60. The highest BCUT2D eigenvalue weighted by atomic mass is 79.9. The Kier molecular flexibility index (Phi) is 5.32. The van der Waals surface area contributed by atoms with Crippen LogP contribution in [0.4, 0.5) is 0 Å². The Bertz CT molecular complexity index is 564. The maximum Gasteiger partial charge on any atom is 0.0577 e. The van der Waals surface area contributed by atoms with Crippen molar-refractivity contribution in [1.82, 2.24) is 10.3 Å². The molecule has 0 aliphatic rings. The van der Waals surface area contributed by atoms with E-state index in [0.29, 0.717) is 0 Å². The van der Waals surface area contributed by atoms with E-state index in [1.54, 1.807) is 0 Å². The molecule has 2 rings (SSSR count). The zero-order valence-electron chi connectivity index (χ0n) is 12.3. The van der Waals surface area contributed by atoms with Crippen molar-refractivity contribution in [1.29, 1.82) is 0 Å². The van der Waals surface area contributed by atoms with E-state index in [0.717, 1.165) is 23.1 Å². The van der Waals surface area contributed by atoms with Gasteiger partial charge in [0, 0.05) is 10.7 Å². The molecule has 1 heterocycles. The molecule has 0 saturated heterocycles. The van der Waals surface area contributed by atoms with E-state index >= 15 is 0 Å². The monoisotopic (exact) mass is 332 g/mol. The zero-order valence-corrected chi connectivity index (χ0v) is 13.9. The smallest absolute Gasteiger partial charge is 0.0577 e. The van der Waals surface area contributed by atoms with Crippen molar-refractivity contribution < 1.29 is 0 Å². The Balaban J connectivity index is 2.25. The Labute approximate surface area is 129 Å². The summed E-state index contributed by atoms with van der Waals surface area (Å²) in [4.78, 5) is 4.54. The Hall–Kier alpha value is -1.19. The molecule has 0 saturated carbocycles. The van der Waals surface area contributed by atoms with Crippen molar-refractivity contribution >= 4 is 15.9 Å². The van der Waals surface area contributed by atoms with Gasteiger partial charge in [0.1, 0.15) is 0 Å². The van der Waals surface area contributed by atoms with E-state index < -0.39 is 0 Å². The van der Waals surface area contributed by atoms with Gasteiger partial charge in [-0.15, -0.1) is 0 Å². The first-order valence-corrected chi connectivity index (χ1v) is 7.80. The Morgan fingerprint density at radius 3 is 2.65 bits per heavy atom. The van der Waals surface area contributed by atoms with Crippen LogP contribution in [0, 0.1) is 13.8 Å². The molecule has 1 aromatic carbocycles. The third-order valence-electron chi connectivity index (χ3n) is 3.49. The van der Waals surface area contributed by atoms with Crippen LogP contribution in [0.5, 0.6) is 0 Å². The predicted molar refractivity (Wildman–Crippen MR) is 88.0 cm³/mol. The second-order valence-electron chi connectivity index (χ2n) is 5.15. The molecular weight excluding hydrogens is 312 g/mol. The van der Waals surface area contributed by atoms with Crippen molar-refractivity contribution in [2.75, 3.05) is 6.54 Å². The number of aryl methyl sites for hydroxylation is 2. The number of nitrogens with one attached hydrogen (secondary N) is 1. The summed E-state index contributed by atoms with van der Waals surface area (Å²) in [6.07, 6.45) is 2.83. The molecule has 0 fully saturated rings. The summed E-state index contributed by atoms with van der Waals surface area (Å²) in [6, 6.07) is 11.0. The highest BCUT2D eigenvalue weighted by Crippen LogP contribution is 2.21. The molecule has 0 aliphatic carbocycles. The number of aromatic nitrogens is 1. The number of rotatable bonds is 5. The predicted octanol–water partition coefficient (Wildman–Crippen LogP) is 4.35. The summed E-state index contributed by atoms with van der Waals surface area (Å²) in [6.45, 7) is 7.39. The molecule has 1 N–H and O–H groups in total. The van der Waals surface area contributed by atoms with E-state index in [2.05, 4.69) is 77.3 Å². The van der Waals surface area contributed by atoms with Crippen LogP contribution in [0.15, 0.2) is 41.0 Å². The summed E-state index contributed by atoms with van der Waals surface area (Å²) < 4.78 is 1.02. The molecule has 0 bridgehead atoms. The maximum absolute atomic E-state index is 4.54. The van der Waals surface area contributed by atoms with Crippen molar-refractivity contribution in [3.63, 3.8) is 0 Å². The zero-order chi connectivity index (χ0) is 14.5. The van der Waals surface area contributed by atoms with Crippen molar-refractivity contribution in [2.45, 2.75) is 33.2 Å². The number of halogens is 1. The van der Waals surface area contributed by atoms with Gasteiger partial charge in [-0.1, -0.05) is 30.7 Å². The highest BCUT2D eigenvalue weighted by Gasteiger charge is 2.13. The van der Waals surface area contributed by atoms with Gasteiger partial charge in [-0.25, -0.2) is 0 Å². The second kappa shape index (κ2) is 7.00. The minimum absolute atomic E-state index is 0.258. The van der Waals surface area contributed by atoms with Crippen LogP contribution in [0.1, 0.15) is 35.3 Å². The van der Waals surface area contributed by atoms with Gasteiger partial charge < -0.3 is 5.32 Å². The lowest BCUT2D eigenvalue weighted by Crippen LogP contribution is -2.24. The normalized spacial score (nSPS) is 12.4. The van der Waals surface area contributed by atoms with Crippen LogP contribution in [-0.2, 0) is 6.42 Å². The van der Waals surface area contributed by atoms with Gasteiger partial charge in [-0.05, 0) is 66.0 Å². The largest absolute Gasteiger partial charge is 0.309 e. The minimum Gasteiger partial charge on any atom is -0.309 e. The average molecular weight is 333 g/mol. The maximum atomic E-state index is 4.54. The lowest BCUT2D eigenvalue weighted by Gasteiger charge is -2.19. The van der Waals surface area contributed by atoms with Gasteiger partial charge in [-0.2, -0.15) is 0 Å². The van der Waals surface area contributed by atoms with Crippen LogP contribution in [0.3, 0.4) is 0 Å². The minimum atomic E-state index is 0.258. The molecule has 20 heavy (non-hydrogen) atoms. The molecule has 0 amide bonds. The molecule has 3 heteroatoms. The topological polar surface area (TPSA) is 24.9 Å². The standard InChI is InChI=1S/C17H21BrN2/c1-4-19-17(16-8-7-15(18)11-20-16)10-14-9-12(2)5-6-13(14)3/h5-9,11,17,19H,4,10H2,1-3H3. The van der Waals surface area contributed by atoms with Crippen LogP contribution in [-0.4, -0.2) is 11.5 Å². The van der Waals surface area contributed by atoms with E-state index in [1.165, 1.54) is 16.7 Å². The molecule has 0 radical (unpaired) electrons. The van der Waals surface area contributed by atoms with Crippen LogP contribution in [0.2, 0.25) is 0 Å². The van der Waals surface area contributed by atoms with Crippen LogP contribution < -0.4 is 5.32 Å². The van der Waals surface area contributed by atoms with E-state index in [4.69, 9.17) is 0 Å². The molecule has 106 valence electrons. The van der Waals surface area contributed by atoms with E-state index in [9.17, 15) is 0 Å². The number of pyridine rings is 1. The van der Waals surface area contributed by atoms with Crippen LogP contribution >= 0.6 is 15.9 Å². The van der Waals surface area contributed by atoms with Gasteiger partial charge in [0.2, 0.25) is 0 Å². The number of hydrogen-bond donors (Lipinski definition) is 1. The lowest BCUT2D eigenvalue weighted by atomic mass is 9.97. The molecular formula is C17H21BrN2. The van der Waals surface area contributed by atoms with Gasteiger partial charge >= 0.3 is 0 Å². The molecule has 2 nitrogen and oxygen atoms in total. The van der Waals surface area contributed by atoms with Gasteiger partial charge in [-0.3, -0.25) is 4.98 Å². The summed E-state index contributed by atoms with van der Waals surface area (Å²) in [7, 11) is 0. The summed E-state index contributed by atoms with van der Waals surface area (Å²) >= 11 is 3.44. The first-order valence-electron chi connectivity index (χ1n) is 7.01. The van der Waals surface area contributed by atoms with Gasteiger partial charge in [0.25, 0.3) is 0 Å². The van der Waals surface area contributed by atoms with Gasteiger partial charge in [0.05, 0.1) is 11.7 Å². The molecule has 1 unspecified atom stereocenters. The van der Waals surface area contributed by atoms with E-state index in [-0.39, 0.29) is 6.04 Å². The van der Waals surface area contributed by atoms with Crippen molar-refractivity contribution in [2.24, 2.45) is 0 Å². The number of hydrogen-bond acceptors (Lipinski definition) is 2. The van der Waals surface area contributed by atoms with Crippen molar-refractivity contribution in [3.05, 3.63) is 63.4 Å². The third-order valence-corrected chi connectivity index (χ3v) is 3.96.